The number of nitrogens with one attached hydrogen (secondary N) is 2. The van der Waals surface area contributed by atoms with Crippen LogP contribution in [0.4, 0.5) is 11.8 Å². The second-order valence-corrected chi connectivity index (χ2v) is 7.03. The molecule has 0 bridgehead atoms. The summed E-state index contributed by atoms with van der Waals surface area (Å²) in [6.07, 6.45) is 3.31. The summed E-state index contributed by atoms with van der Waals surface area (Å²) in [5.41, 5.74) is 10.1. The minimum absolute atomic E-state index is 0.148. The third-order valence-electron chi connectivity index (χ3n) is 5.17. The Morgan fingerprint density at radius 3 is 2.81 bits per heavy atom. The molecule has 1 saturated heterocycles. The zero-order chi connectivity index (χ0) is 18.6. The smallest absolute Gasteiger partial charge is 0.231 e. The summed E-state index contributed by atoms with van der Waals surface area (Å²) in [5.74, 6) is 1.18. The molecule has 0 unspecified atom stereocenters. The van der Waals surface area contributed by atoms with Gasteiger partial charge in [0.15, 0.2) is 0 Å². The van der Waals surface area contributed by atoms with E-state index in [0.29, 0.717) is 12.5 Å². The number of carbonyl (C=O) groups excluding carboxylic acids is 1. The number of amides is 1. The summed E-state index contributed by atoms with van der Waals surface area (Å²) in [5, 5.41) is 6.23. The van der Waals surface area contributed by atoms with Crippen molar-refractivity contribution in [2.24, 2.45) is 5.73 Å². The Morgan fingerprint density at radius 2 is 2.00 bits per heavy atom. The van der Waals surface area contributed by atoms with Gasteiger partial charge in [-0.1, -0.05) is 24.3 Å². The molecule has 27 heavy (non-hydrogen) atoms. The topological polar surface area (TPSA) is 96.2 Å². The number of hydrogen-bond donors (Lipinski definition) is 3. The molecule has 1 aliphatic heterocycles. The lowest BCUT2D eigenvalue weighted by Crippen LogP contribution is -2.44. The highest BCUT2D eigenvalue weighted by Gasteiger charge is 2.25. The van der Waals surface area contributed by atoms with E-state index in [-0.39, 0.29) is 12.3 Å². The zero-order valence-corrected chi connectivity index (χ0v) is 15.5. The Bertz CT molecular complexity index is 831. The van der Waals surface area contributed by atoms with Gasteiger partial charge in [0, 0.05) is 50.3 Å². The van der Waals surface area contributed by atoms with Gasteiger partial charge in [-0.05, 0) is 24.8 Å². The largest absolute Gasteiger partial charge is 0.354 e. The molecule has 1 fully saturated rings. The maximum absolute atomic E-state index is 12.1. The highest BCUT2D eigenvalue weighted by Crippen LogP contribution is 2.36. The maximum Gasteiger partial charge on any atom is 0.231 e. The van der Waals surface area contributed by atoms with Crippen LogP contribution in [0.1, 0.15) is 24.0 Å². The lowest BCUT2D eigenvalue weighted by Gasteiger charge is -2.31. The minimum atomic E-state index is -0.148. The first kappa shape index (κ1) is 17.9. The number of hydrogen-bond acceptors (Lipinski definition) is 6. The molecule has 0 radical (unpaired) electrons. The Balaban J connectivity index is 1.82. The van der Waals surface area contributed by atoms with Crippen LogP contribution in [0.25, 0.3) is 11.3 Å². The number of fused-ring (bicyclic) bond motifs is 3. The van der Waals surface area contributed by atoms with E-state index in [1.807, 2.05) is 6.07 Å². The van der Waals surface area contributed by atoms with Crippen LogP contribution in [0, 0.1) is 0 Å². The summed E-state index contributed by atoms with van der Waals surface area (Å²) in [4.78, 5) is 23.9. The Kier molecular flexibility index (Phi) is 5.31. The molecule has 1 aromatic heterocycles. The third-order valence-corrected chi connectivity index (χ3v) is 5.17. The van der Waals surface area contributed by atoms with Crippen molar-refractivity contribution < 1.29 is 4.79 Å². The number of nitrogens with zero attached hydrogens (tertiary/aromatic N) is 3. The summed E-state index contributed by atoms with van der Waals surface area (Å²) >= 11 is 0. The van der Waals surface area contributed by atoms with E-state index in [2.05, 4.69) is 33.7 Å². The van der Waals surface area contributed by atoms with Crippen LogP contribution in [0.15, 0.2) is 24.3 Å². The average Bonchev–Trinajstić information content (AvgIpc) is 2.88. The van der Waals surface area contributed by atoms with Crippen LogP contribution in [0.3, 0.4) is 0 Å². The molecule has 4 N–H and O–H groups in total. The molecule has 1 aromatic carbocycles. The number of anilines is 2. The number of benzene rings is 1. The number of piperazine rings is 1. The molecule has 0 atom stereocenters. The van der Waals surface area contributed by atoms with Crippen molar-refractivity contribution in [3.63, 3.8) is 0 Å². The summed E-state index contributed by atoms with van der Waals surface area (Å²) < 4.78 is 0. The van der Waals surface area contributed by atoms with Crippen molar-refractivity contribution in [2.75, 3.05) is 42.9 Å². The van der Waals surface area contributed by atoms with Crippen LogP contribution < -0.4 is 21.3 Å². The normalized spacial score (nSPS) is 16.3. The van der Waals surface area contributed by atoms with Crippen molar-refractivity contribution in [3.05, 3.63) is 35.4 Å². The van der Waals surface area contributed by atoms with Crippen molar-refractivity contribution in [1.82, 2.24) is 15.3 Å². The number of rotatable bonds is 4. The van der Waals surface area contributed by atoms with Gasteiger partial charge in [0.1, 0.15) is 5.82 Å². The molecule has 7 heteroatoms. The lowest BCUT2D eigenvalue weighted by atomic mass is 10.0. The van der Waals surface area contributed by atoms with Crippen molar-refractivity contribution in [3.8, 4) is 11.3 Å². The van der Waals surface area contributed by atoms with Gasteiger partial charge in [0.05, 0.1) is 5.69 Å². The van der Waals surface area contributed by atoms with Gasteiger partial charge in [-0.2, -0.15) is 4.98 Å². The van der Waals surface area contributed by atoms with E-state index in [1.165, 1.54) is 11.1 Å². The molecule has 2 aromatic rings. The summed E-state index contributed by atoms with van der Waals surface area (Å²) in [6.45, 7) is 3.99. The van der Waals surface area contributed by atoms with Gasteiger partial charge in [-0.25, -0.2) is 4.98 Å². The zero-order valence-electron chi connectivity index (χ0n) is 15.5. The van der Waals surface area contributed by atoms with Crippen LogP contribution in [-0.2, 0) is 17.6 Å². The lowest BCUT2D eigenvalue weighted by molar-refractivity contribution is -0.116. The average molecular weight is 366 g/mol. The van der Waals surface area contributed by atoms with Crippen molar-refractivity contribution in [1.29, 1.82) is 0 Å². The molecule has 1 amide bonds. The highest BCUT2D eigenvalue weighted by molar-refractivity contribution is 5.90. The SMILES string of the molecule is NCCC(=O)Nc1nc2c(c(N3CCNCC3)n1)CCCc1ccccc1-2. The second-order valence-electron chi connectivity index (χ2n) is 7.03. The van der Waals surface area contributed by atoms with E-state index in [0.717, 1.165) is 62.5 Å². The Hall–Kier alpha value is -2.51. The highest BCUT2D eigenvalue weighted by atomic mass is 16.1. The molecule has 142 valence electrons. The van der Waals surface area contributed by atoms with Gasteiger partial charge in [-0.3, -0.25) is 10.1 Å². The van der Waals surface area contributed by atoms with Crippen LogP contribution in [-0.4, -0.2) is 48.6 Å². The fourth-order valence-electron chi connectivity index (χ4n) is 3.86. The molecule has 0 saturated carbocycles. The third kappa shape index (κ3) is 3.79. The van der Waals surface area contributed by atoms with E-state index >= 15 is 0 Å². The number of carbonyl (C=O) groups is 1. The van der Waals surface area contributed by atoms with Gasteiger partial charge >= 0.3 is 0 Å². The molecule has 1 aliphatic carbocycles. The standard InChI is InChI=1S/C20H26N6O/c21-9-8-17(27)23-20-24-18-15-6-2-1-4-14(15)5-3-7-16(18)19(25-20)26-12-10-22-11-13-26/h1-2,4,6,22H,3,5,7-13,21H2,(H,23,24,25,27). The van der Waals surface area contributed by atoms with Gasteiger partial charge in [0.25, 0.3) is 0 Å². The molecule has 4 rings (SSSR count). The number of aromatic nitrogens is 2. The van der Waals surface area contributed by atoms with Gasteiger partial charge in [-0.15, -0.1) is 0 Å². The quantitative estimate of drug-likeness (QED) is 0.755. The first-order chi connectivity index (χ1) is 13.3. The van der Waals surface area contributed by atoms with E-state index in [4.69, 9.17) is 15.7 Å². The fourth-order valence-corrected chi connectivity index (χ4v) is 3.86. The van der Waals surface area contributed by atoms with Gasteiger partial charge < -0.3 is 16.0 Å². The molecular weight excluding hydrogens is 340 g/mol. The Morgan fingerprint density at radius 1 is 1.19 bits per heavy atom. The Labute approximate surface area is 159 Å². The van der Waals surface area contributed by atoms with Gasteiger partial charge in [0.2, 0.25) is 11.9 Å². The molecular formula is C20H26N6O. The minimum Gasteiger partial charge on any atom is -0.354 e. The monoisotopic (exact) mass is 366 g/mol. The summed E-state index contributed by atoms with van der Waals surface area (Å²) in [7, 11) is 0. The molecule has 2 heterocycles. The fraction of sp³-hybridized carbons (Fsp3) is 0.450. The number of nitrogens with two attached hydrogens (primary N) is 1. The predicted octanol–water partition coefficient (Wildman–Crippen LogP) is 1.33. The van der Waals surface area contributed by atoms with Crippen LogP contribution in [0.2, 0.25) is 0 Å². The number of aryl methyl sites for hydroxylation is 1. The molecule has 0 spiro atoms. The maximum atomic E-state index is 12.1. The van der Waals surface area contributed by atoms with Crippen LogP contribution in [0.5, 0.6) is 0 Å². The molecule has 7 nitrogen and oxygen atoms in total. The van der Waals surface area contributed by atoms with E-state index in [9.17, 15) is 4.79 Å². The van der Waals surface area contributed by atoms with E-state index < -0.39 is 0 Å². The van der Waals surface area contributed by atoms with Crippen molar-refractivity contribution >= 4 is 17.7 Å². The van der Waals surface area contributed by atoms with E-state index in [1.54, 1.807) is 0 Å². The molecule has 2 aliphatic rings. The van der Waals surface area contributed by atoms with Crippen LogP contribution >= 0.6 is 0 Å². The predicted molar refractivity (Wildman–Crippen MR) is 107 cm³/mol. The first-order valence-corrected chi connectivity index (χ1v) is 9.71. The second kappa shape index (κ2) is 8.02. The first-order valence-electron chi connectivity index (χ1n) is 9.71. The summed E-state index contributed by atoms with van der Waals surface area (Å²) in [6, 6.07) is 8.42. The van der Waals surface area contributed by atoms with Crippen molar-refractivity contribution in [2.45, 2.75) is 25.7 Å².